The van der Waals surface area contributed by atoms with E-state index in [1.54, 1.807) is 0 Å². The monoisotopic (exact) mass is 467 g/mol. The molecule has 0 N–H and O–H groups in total. The number of aromatic nitrogens is 1. The molecule has 1 heterocycles. The number of pyridine rings is 1. The molecule has 0 radical (unpaired) electrons. The smallest absolute Gasteiger partial charge is 0.406 e. The Hall–Kier alpha value is -3.44. The molecule has 0 saturated carbocycles. The van der Waals surface area contributed by atoms with Crippen molar-refractivity contribution in [2.24, 2.45) is 0 Å². The maximum Gasteiger partial charge on any atom is 0.573 e. The Balaban J connectivity index is 2.04. The number of alkyl halides is 9. The molecule has 3 aromatic rings. The molecule has 3 nitrogen and oxygen atoms in total. The Labute approximate surface area is 174 Å². The molecule has 32 heavy (non-hydrogen) atoms. The number of halogens is 9. The van der Waals surface area contributed by atoms with Crippen LogP contribution in [0.25, 0.3) is 22.3 Å². The zero-order chi connectivity index (χ0) is 23.7. The van der Waals surface area contributed by atoms with E-state index in [9.17, 15) is 39.5 Å². The molecule has 0 amide bonds. The zero-order valence-electron chi connectivity index (χ0n) is 15.4. The lowest BCUT2D eigenvalue weighted by Crippen LogP contribution is -2.17. The minimum atomic E-state index is -4.95. The van der Waals surface area contributed by atoms with E-state index < -0.39 is 36.1 Å². The molecule has 2 aromatic carbocycles. The molecular weight excluding hydrogens is 457 g/mol. The van der Waals surface area contributed by atoms with Crippen LogP contribution in [-0.2, 0) is 6.18 Å². The van der Waals surface area contributed by atoms with Crippen LogP contribution in [0.2, 0.25) is 0 Å². The van der Waals surface area contributed by atoms with E-state index >= 15 is 0 Å². The van der Waals surface area contributed by atoms with Crippen LogP contribution >= 0.6 is 0 Å². The number of nitrogens with zero attached hydrogens (tertiary/aromatic N) is 1. The van der Waals surface area contributed by atoms with Crippen LogP contribution in [0.3, 0.4) is 0 Å². The molecule has 0 fully saturated rings. The van der Waals surface area contributed by atoms with Gasteiger partial charge in [0.15, 0.2) is 0 Å². The fraction of sp³-hybridized carbons (Fsp3) is 0.150. The van der Waals surface area contributed by atoms with Crippen molar-refractivity contribution in [3.8, 4) is 33.8 Å². The molecule has 0 saturated heterocycles. The molecule has 0 atom stereocenters. The summed E-state index contributed by atoms with van der Waals surface area (Å²) in [5.41, 5.74) is -0.926. The highest BCUT2D eigenvalue weighted by Gasteiger charge is 2.34. The van der Waals surface area contributed by atoms with Crippen molar-refractivity contribution in [2.75, 3.05) is 0 Å². The Morgan fingerprint density at radius 3 is 1.34 bits per heavy atom. The summed E-state index contributed by atoms with van der Waals surface area (Å²) in [6.45, 7) is 0. The first-order valence-corrected chi connectivity index (χ1v) is 8.51. The molecule has 3 rings (SSSR count). The molecule has 12 heteroatoms. The first-order chi connectivity index (χ1) is 14.7. The highest BCUT2D eigenvalue weighted by Crippen LogP contribution is 2.38. The summed E-state index contributed by atoms with van der Waals surface area (Å²) >= 11 is 0. The molecule has 0 aliphatic carbocycles. The minimum Gasteiger partial charge on any atom is -0.406 e. The van der Waals surface area contributed by atoms with Crippen LogP contribution in [-0.4, -0.2) is 17.7 Å². The first kappa shape index (κ1) is 23.2. The van der Waals surface area contributed by atoms with Gasteiger partial charge in [0, 0.05) is 11.8 Å². The number of hydrogen-bond acceptors (Lipinski definition) is 3. The van der Waals surface area contributed by atoms with Gasteiger partial charge in [-0.1, -0.05) is 24.3 Å². The first-order valence-electron chi connectivity index (χ1n) is 8.51. The van der Waals surface area contributed by atoms with E-state index in [1.165, 1.54) is 12.1 Å². The van der Waals surface area contributed by atoms with Crippen LogP contribution in [0.15, 0.2) is 60.8 Å². The van der Waals surface area contributed by atoms with Crippen LogP contribution in [0.5, 0.6) is 11.5 Å². The second-order valence-electron chi connectivity index (χ2n) is 6.26. The Bertz CT molecular complexity index is 1070. The van der Waals surface area contributed by atoms with Crippen molar-refractivity contribution in [2.45, 2.75) is 18.9 Å². The average Bonchev–Trinajstić information content (AvgIpc) is 2.66. The Kier molecular flexibility index (Phi) is 5.98. The Morgan fingerprint density at radius 1 is 0.562 bits per heavy atom. The highest BCUT2D eigenvalue weighted by atomic mass is 19.4. The average molecular weight is 467 g/mol. The van der Waals surface area contributed by atoms with Gasteiger partial charge in [0.25, 0.3) is 0 Å². The van der Waals surface area contributed by atoms with Gasteiger partial charge in [-0.25, -0.2) is 0 Å². The predicted octanol–water partition coefficient (Wildman–Crippen LogP) is 7.23. The standard InChI is InChI=1S/C20H10F9NO2/c21-18(22,23)17-9-15(11-1-5-13(6-2-11)31-19(24,25)26)16(10-30-17)12-3-7-14(8-4-12)32-20(27,28)29/h1-10H. The van der Waals surface area contributed by atoms with Crippen molar-refractivity contribution in [3.05, 3.63) is 66.5 Å². The van der Waals surface area contributed by atoms with Crippen molar-refractivity contribution < 1.29 is 49.0 Å². The third kappa shape index (κ3) is 6.05. The number of rotatable bonds is 4. The summed E-state index contributed by atoms with van der Waals surface area (Å²) in [4.78, 5) is 3.35. The van der Waals surface area contributed by atoms with Gasteiger partial charge < -0.3 is 9.47 Å². The highest BCUT2D eigenvalue weighted by molar-refractivity contribution is 5.83. The lowest BCUT2D eigenvalue weighted by Gasteiger charge is -2.15. The normalized spacial score (nSPS) is 12.5. The maximum absolute atomic E-state index is 13.1. The second kappa shape index (κ2) is 8.24. The summed E-state index contributed by atoms with van der Waals surface area (Å²) in [5, 5.41) is 0. The van der Waals surface area contributed by atoms with Gasteiger partial charge in [0.05, 0.1) is 0 Å². The van der Waals surface area contributed by atoms with Gasteiger partial charge in [-0.2, -0.15) is 13.2 Å². The number of benzene rings is 2. The maximum atomic E-state index is 13.1. The summed E-state index contributed by atoms with van der Waals surface area (Å²) in [5.74, 6) is -1.13. The fourth-order valence-corrected chi connectivity index (χ4v) is 2.75. The van der Waals surface area contributed by atoms with Gasteiger partial charge in [-0.05, 0) is 47.0 Å². The molecule has 0 spiro atoms. The second-order valence-corrected chi connectivity index (χ2v) is 6.26. The van der Waals surface area contributed by atoms with E-state index in [2.05, 4.69) is 14.5 Å². The summed E-state index contributed by atoms with van der Waals surface area (Å²) in [6.07, 6.45) is -13.8. The topological polar surface area (TPSA) is 31.4 Å². The van der Waals surface area contributed by atoms with Crippen molar-refractivity contribution in [3.63, 3.8) is 0 Å². The van der Waals surface area contributed by atoms with E-state index in [1.807, 2.05) is 0 Å². The lowest BCUT2D eigenvalue weighted by molar-refractivity contribution is -0.275. The van der Waals surface area contributed by atoms with E-state index in [-0.39, 0.29) is 22.3 Å². The Morgan fingerprint density at radius 2 is 0.969 bits per heavy atom. The van der Waals surface area contributed by atoms with Crippen LogP contribution in [0.4, 0.5) is 39.5 Å². The molecule has 1 aromatic heterocycles. The minimum absolute atomic E-state index is 0.0598. The summed E-state index contributed by atoms with van der Waals surface area (Å²) < 4.78 is 121. The quantitative estimate of drug-likeness (QED) is 0.380. The van der Waals surface area contributed by atoms with Crippen LogP contribution in [0, 0.1) is 0 Å². The van der Waals surface area contributed by atoms with Gasteiger partial charge in [0.1, 0.15) is 17.2 Å². The molecular formula is C20H10F9NO2. The zero-order valence-corrected chi connectivity index (χ0v) is 15.4. The molecule has 0 aliphatic rings. The molecule has 170 valence electrons. The van der Waals surface area contributed by atoms with Crippen LogP contribution in [0.1, 0.15) is 5.69 Å². The molecule has 0 bridgehead atoms. The summed E-state index contributed by atoms with van der Waals surface area (Å²) in [6, 6.07) is 9.03. The largest absolute Gasteiger partial charge is 0.573 e. The third-order valence-electron chi connectivity index (χ3n) is 3.99. The van der Waals surface area contributed by atoms with Crippen LogP contribution < -0.4 is 9.47 Å². The van der Waals surface area contributed by atoms with E-state index in [0.29, 0.717) is 6.07 Å². The van der Waals surface area contributed by atoms with Gasteiger partial charge in [-0.3, -0.25) is 4.98 Å². The SMILES string of the molecule is FC(F)(F)Oc1ccc(-c2cnc(C(F)(F)F)cc2-c2ccc(OC(F)(F)F)cc2)cc1. The molecule has 0 aliphatic heterocycles. The van der Waals surface area contributed by atoms with Crippen molar-refractivity contribution in [1.29, 1.82) is 0 Å². The van der Waals surface area contributed by atoms with Crippen molar-refractivity contribution in [1.82, 2.24) is 4.98 Å². The summed E-state index contributed by atoms with van der Waals surface area (Å²) in [7, 11) is 0. The molecule has 0 unspecified atom stereocenters. The number of ether oxygens (including phenoxy) is 2. The van der Waals surface area contributed by atoms with Gasteiger partial charge in [-0.15, -0.1) is 26.3 Å². The fourth-order valence-electron chi connectivity index (χ4n) is 2.75. The third-order valence-corrected chi connectivity index (χ3v) is 3.99. The number of hydrogen-bond donors (Lipinski definition) is 0. The van der Waals surface area contributed by atoms with Gasteiger partial charge >= 0.3 is 18.9 Å². The van der Waals surface area contributed by atoms with E-state index in [4.69, 9.17) is 0 Å². The predicted molar refractivity (Wildman–Crippen MR) is 93.5 cm³/mol. The lowest BCUT2D eigenvalue weighted by atomic mass is 9.95. The van der Waals surface area contributed by atoms with Crippen molar-refractivity contribution >= 4 is 0 Å². The van der Waals surface area contributed by atoms with E-state index in [0.717, 1.165) is 42.6 Å². The van der Waals surface area contributed by atoms with Gasteiger partial charge in [0.2, 0.25) is 0 Å².